The van der Waals surface area contributed by atoms with Gasteiger partial charge in [0.2, 0.25) is 0 Å². The molecule has 0 saturated carbocycles. The van der Waals surface area contributed by atoms with Crippen molar-refractivity contribution < 1.29 is 13.7 Å². The SMILES string of the molecule is CC(C)(C)C#Cc1cc(C#Cc2cc(C#Cc3cc(C#CC(C)(C)C)c[n+](Cc4ccccc4)c3)cc(C=Cc3cc(C#CC(C)(C)C)c[n+](Cc4ccccc4)c3)c2)c[n+](Cc2ccccc2)c1. The molecule has 0 atom stereocenters. The van der Waals surface area contributed by atoms with Crippen LogP contribution in [0.5, 0.6) is 0 Å². The van der Waals surface area contributed by atoms with E-state index in [9.17, 15) is 0 Å². The maximum atomic E-state index is 3.52. The van der Waals surface area contributed by atoms with E-state index in [2.05, 4.69) is 300 Å². The van der Waals surface area contributed by atoms with E-state index in [1.54, 1.807) is 0 Å². The maximum Gasteiger partial charge on any atom is 0.184 e. The van der Waals surface area contributed by atoms with Crippen molar-refractivity contribution in [3.63, 3.8) is 0 Å². The van der Waals surface area contributed by atoms with Gasteiger partial charge in [0.1, 0.15) is 0 Å². The van der Waals surface area contributed by atoms with Crippen LogP contribution in [0.2, 0.25) is 0 Å². The summed E-state index contributed by atoms with van der Waals surface area (Å²) in [5, 5.41) is 0. The van der Waals surface area contributed by atoms with E-state index in [-0.39, 0.29) is 16.2 Å². The third-order valence-corrected chi connectivity index (χ3v) is 10.3. The maximum absolute atomic E-state index is 3.52. The van der Waals surface area contributed by atoms with Crippen LogP contribution in [0.3, 0.4) is 0 Å². The molecule has 338 valence electrons. The van der Waals surface area contributed by atoms with Gasteiger partial charge in [-0.1, -0.05) is 156 Å². The predicted octanol–water partition coefficient (Wildman–Crippen LogP) is 11.9. The summed E-state index contributed by atoms with van der Waals surface area (Å²) in [7, 11) is 0. The van der Waals surface area contributed by atoms with E-state index in [0.29, 0.717) is 13.1 Å². The Morgan fingerprint density at radius 1 is 0.319 bits per heavy atom. The molecule has 4 aromatic carbocycles. The number of pyridine rings is 3. The summed E-state index contributed by atoms with van der Waals surface area (Å²) in [4.78, 5) is 0. The molecule has 0 amide bonds. The standard InChI is InChI=1S/C66H62N3/c1-64(2,3)34-31-61-40-58(46-67(49-61)43-52-19-13-10-14-20-52)28-25-55-37-56(26-29-59-41-62(32-35-65(4,5)6)50-68(47-59)44-53-21-15-11-16-22-53)39-57(38-55)27-30-60-42-63(33-36-66(7,8)9)51-69(48-60)45-54-23-17-12-18-24-54/h10-25,28,37-42,46-51H,43-45H2,1-9H3/q+3. The molecule has 3 nitrogen and oxygen atoms in total. The number of aromatic nitrogens is 3. The number of nitrogens with zero attached hydrogens (tertiary/aromatic N) is 3. The van der Waals surface area contributed by atoms with Gasteiger partial charge in [-0.15, -0.1) is 0 Å². The van der Waals surface area contributed by atoms with E-state index >= 15 is 0 Å². The molecule has 0 spiro atoms. The van der Waals surface area contributed by atoms with Crippen molar-refractivity contribution in [2.45, 2.75) is 81.9 Å². The van der Waals surface area contributed by atoms with Gasteiger partial charge in [0.25, 0.3) is 0 Å². The molecule has 7 rings (SSSR count). The molecule has 0 fully saturated rings. The Bertz CT molecular complexity index is 3140. The summed E-state index contributed by atoms with van der Waals surface area (Å²) in [6.07, 6.45) is 17.0. The summed E-state index contributed by atoms with van der Waals surface area (Å²) >= 11 is 0. The highest BCUT2D eigenvalue weighted by Gasteiger charge is 2.13. The van der Waals surface area contributed by atoms with E-state index in [4.69, 9.17) is 0 Å². The first-order valence-electron chi connectivity index (χ1n) is 23.6. The molecule has 0 bridgehead atoms. The summed E-state index contributed by atoms with van der Waals surface area (Å²) in [5.41, 5.74) is 11.6. The second kappa shape index (κ2) is 22.1. The largest absolute Gasteiger partial charge is 0.199 e. The Kier molecular flexibility index (Phi) is 15.6. The number of hydrogen-bond donors (Lipinski definition) is 0. The molecule has 0 aliphatic rings. The van der Waals surface area contributed by atoms with Crippen molar-refractivity contribution in [3.8, 4) is 59.2 Å². The third-order valence-electron chi connectivity index (χ3n) is 10.3. The van der Waals surface area contributed by atoms with Crippen molar-refractivity contribution >= 4 is 12.2 Å². The van der Waals surface area contributed by atoms with Gasteiger partial charge in [-0.2, -0.15) is 13.7 Å². The quantitative estimate of drug-likeness (QED) is 0.106. The molecule has 0 aliphatic carbocycles. The Labute approximate surface area is 412 Å². The van der Waals surface area contributed by atoms with Crippen LogP contribution in [0.4, 0.5) is 0 Å². The van der Waals surface area contributed by atoms with Crippen LogP contribution in [0.15, 0.2) is 165 Å². The lowest BCUT2D eigenvalue weighted by Crippen LogP contribution is -2.34. The fourth-order valence-corrected chi connectivity index (χ4v) is 7.18. The highest BCUT2D eigenvalue weighted by Crippen LogP contribution is 2.17. The predicted molar refractivity (Wildman–Crippen MR) is 283 cm³/mol. The molecule has 0 N–H and O–H groups in total. The van der Waals surface area contributed by atoms with Gasteiger partial charge >= 0.3 is 0 Å². The Morgan fingerprint density at radius 2 is 0.594 bits per heavy atom. The molecule has 3 heteroatoms. The second-order valence-electron chi connectivity index (χ2n) is 20.6. The zero-order chi connectivity index (χ0) is 48.9. The molecule has 0 aliphatic heterocycles. The summed E-state index contributed by atoms with van der Waals surface area (Å²) in [6.45, 7) is 21.3. The number of rotatable bonds is 8. The summed E-state index contributed by atoms with van der Waals surface area (Å²) < 4.78 is 6.57. The van der Waals surface area contributed by atoms with E-state index in [1.165, 1.54) is 16.7 Å². The van der Waals surface area contributed by atoms with E-state index < -0.39 is 0 Å². The van der Waals surface area contributed by atoms with Crippen molar-refractivity contribution in [3.05, 3.63) is 231 Å². The van der Waals surface area contributed by atoms with Gasteiger partial charge in [-0.05, 0) is 110 Å². The zero-order valence-electron chi connectivity index (χ0n) is 41.7. The van der Waals surface area contributed by atoms with Crippen LogP contribution < -0.4 is 13.7 Å². The first-order valence-corrected chi connectivity index (χ1v) is 23.6. The average molecular weight is 897 g/mol. The lowest BCUT2D eigenvalue weighted by molar-refractivity contribution is -0.688. The third kappa shape index (κ3) is 16.9. The van der Waals surface area contributed by atoms with Gasteiger partial charge in [-0.25, -0.2) is 0 Å². The van der Waals surface area contributed by atoms with Crippen LogP contribution >= 0.6 is 0 Å². The molecular formula is C66H62N3+3. The zero-order valence-corrected chi connectivity index (χ0v) is 41.7. The van der Waals surface area contributed by atoms with Crippen LogP contribution in [0.25, 0.3) is 12.2 Å². The molecular weight excluding hydrogens is 835 g/mol. The topological polar surface area (TPSA) is 11.6 Å². The van der Waals surface area contributed by atoms with Crippen molar-refractivity contribution in [2.75, 3.05) is 0 Å². The Hall–Kier alpha value is -8.13. The normalized spacial score (nSPS) is 11.1. The number of benzene rings is 4. The molecule has 3 aromatic heterocycles. The monoisotopic (exact) mass is 896 g/mol. The first kappa shape index (κ1) is 48.8. The minimum absolute atomic E-state index is 0.123. The second-order valence-corrected chi connectivity index (χ2v) is 20.6. The van der Waals surface area contributed by atoms with Gasteiger partial charge in [0.05, 0.1) is 27.8 Å². The number of hydrogen-bond acceptors (Lipinski definition) is 0. The lowest BCUT2D eigenvalue weighted by Gasteiger charge is -2.07. The minimum Gasteiger partial charge on any atom is -0.199 e. The molecule has 0 radical (unpaired) electrons. The first-order chi connectivity index (χ1) is 32.9. The van der Waals surface area contributed by atoms with Crippen molar-refractivity contribution in [1.82, 2.24) is 0 Å². The van der Waals surface area contributed by atoms with Crippen LogP contribution in [0.1, 0.15) is 129 Å². The van der Waals surface area contributed by atoms with E-state index in [1.807, 2.05) is 12.1 Å². The Morgan fingerprint density at radius 3 is 0.957 bits per heavy atom. The van der Waals surface area contributed by atoms with Gasteiger partial charge in [0.15, 0.2) is 56.8 Å². The summed E-state index contributed by atoms with van der Waals surface area (Å²) in [5.74, 6) is 34.6. The van der Waals surface area contributed by atoms with Crippen molar-refractivity contribution in [2.24, 2.45) is 16.2 Å². The average Bonchev–Trinajstić information content (AvgIpc) is 3.30. The Balaban J connectivity index is 1.32. The molecule has 7 aromatic rings. The molecule has 0 saturated heterocycles. The van der Waals surface area contributed by atoms with Crippen LogP contribution in [-0.2, 0) is 19.6 Å². The van der Waals surface area contributed by atoms with Crippen LogP contribution in [-0.4, -0.2) is 0 Å². The van der Waals surface area contributed by atoms with Crippen molar-refractivity contribution in [1.29, 1.82) is 0 Å². The minimum atomic E-state index is -0.135. The van der Waals surface area contributed by atoms with Gasteiger partial charge in [0, 0.05) is 49.6 Å². The van der Waals surface area contributed by atoms with Crippen LogP contribution in [0, 0.1) is 75.4 Å². The molecule has 69 heavy (non-hydrogen) atoms. The van der Waals surface area contributed by atoms with Gasteiger partial charge < -0.3 is 0 Å². The smallest absolute Gasteiger partial charge is 0.184 e. The fourth-order valence-electron chi connectivity index (χ4n) is 7.18. The highest BCUT2D eigenvalue weighted by molar-refractivity contribution is 5.71. The summed E-state index contributed by atoms with van der Waals surface area (Å²) in [6, 6.07) is 44.1. The van der Waals surface area contributed by atoms with Gasteiger partial charge in [-0.3, -0.25) is 0 Å². The molecule has 3 heterocycles. The highest BCUT2D eigenvalue weighted by atomic mass is 14.9. The molecule has 0 unspecified atom stereocenters. The van der Waals surface area contributed by atoms with E-state index in [0.717, 1.165) is 56.6 Å². The fraction of sp³-hybridized carbons (Fsp3) is 0.227. The lowest BCUT2D eigenvalue weighted by atomic mass is 9.97.